The van der Waals surface area contributed by atoms with Crippen LogP contribution < -0.4 is 4.74 Å². The highest BCUT2D eigenvalue weighted by Gasteiger charge is 2.32. The maximum absolute atomic E-state index is 12.6. The van der Waals surface area contributed by atoms with Gasteiger partial charge < -0.3 is 9.47 Å². The molecule has 0 saturated carbocycles. The highest BCUT2D eigenvalue weighted by Crippen LogP contribution is 2.30. The van der Waals surface area contributed by atoms with Gasteiger partial charge in [-0.15, -0.1) is 0 Å². The van der Waals surface area contributed by atoms with Crippen LogP contribution >= 0.6 is 0 Å². The van der Waals surface area contributed by atoms with Crippen molar-refractivity contribution in [2.24, 2.45) is 0 Å². The molecule has 3 aromatic carbocycles. The molecule has 4 rings (SSSR count). The smallest absolute Gasteiger partial charge is 0.337 e. The molecule has 5 heteroatoms. The highest BCUT2D eigenvalue weighted by molar-refractivity contribution is 6.41. The molecule has 148 valence electrons. The molecule has 3 aromatic rings. The van der Waals surface area contributed by atoms with E-state index in [1.165, 1.54) is 7.11 Å². The van der Waals surface area contributed by atoms with Crippen LogP contribution in [0.4, 0.5) is 0 Å². The van der Waals surface area contributed by atoms with Gasteiger partial charge in [-0.25, -0.2) is 4.79 Å². The fourth-order valence-electron chi connectivity index (χ4n) is 3.31. The van der Waals surface area contributed by atoms with E-state index in [0.29, 0.717) is 28.0 Å². The molecule has 0 atom stereocenters. The van der Waals surface area contributed by atoms with Crippen LogP contribution in [0.2, 0.25) is 0 Å². The number of ether oxygens (including phenoxy) is 2. The van der Waals surface area contributed by atoms with Gasteiger partial charge in [-0.3, -0.25) is 9.59 Å². The van der Waals surface area contributed by atoms with E-state index >= 15 is 0 Å². The van der Waals surface area contributed by atoms with Gasteiger partial charge in [-0.2, -0.15) is 0 Å². The van der Waals surface area contributed by atoms with Gasteiger partial charge >= 0.3 is 5.97 Å². The number of carbonyl (C=O) groups excluding carboxylic acids is 3. The second-order valence-corrected chi connectivity index (χ2v) is 6.78. The molecule has 0 N–H and O–H groups in total. The SMILES string of the molecule is COC(=O)c1ccc(COc2ccccc2C=C2C(=O)c3ccccc3C2=O)cc1. The molecule has 0 fully saturated rings. The van der Waals surface area contributed by atoms with Crippen molar-refractivity contribution in [2.75, 3.05) is 7.11 Å². The minimum Gasteiger partial charge on any atom is -0.488 e. The van der Waals surface area contributed by atoms with E-state index in [4.69, 9.17) is 9.47 Å². The Hall–Kier alpha value is -3.99. The fraction of sp³-hybridized carbons (Fsp3) is 0.0800. The van der Waals surface area contributed by atoms with Crippen molar-refractivity contribution in [1.82, 2.24) is 0 Å². The standard InChI is InChI=1S/C25H18O5/c1-29-25(28)17-12-10-16(11-13-17)15-30-22-9-5-2-6-18(22)14-21-23(26)19-7-3-4-8-20(19)24(21)27/h2-14H,15H2,1H3. The summed E-state index contributed by atoms with van der Waals surface area (Å²) in [5, 5.41) is 0. The summed E-state index contributed by atoms with van der Waals surface area (Å²) >= 11 is 0. The number of allylic oxidation sites excluding steroid dienone is 1. The van der Waals surface area contributed by atoms with E-state index in [2.05, 4.69) is 0 Å². The predicted molar refractivity (Wildman–Crippen MR) is 112 cm³/mol. The zero-order chi connectivity index (χ0) is 21.1. The van der Waals surface area contributed by atoms with Gasteiger partial charge in [0.2, 0.25) is 0 Å². The van der Waals surface area contributed by atoms with Crippen LogP contribution in [0.3, 0.4) is 0 Å². The summed E-state index contributed by atoms with van der Waals surface area (Å²) < 4.78 is 10.6. The first-order chi connectivity index (χ1) is 14.6. The molecule has 0 spiro atoms. The molecule has 0 saturated heterocycles. The molecule has 0 aromatic heterocycles. The van der Waals surface area contributed by atoms with Crippen LogP contribution in [0.25, 0.3) is 6.08 Å². The summed E-state index contributed by atoms with van der Waals surface area (Å²) in [7, 11) is 1.34. The molecule has 0 unspecified atom stereocenters. The maximum Gasteiger partial charge on any atom is 0.337 e. The number of methoxy groups -OCH3 is 1. The van der Waals surface area contributed by atoms with Crippen molar-refractivity contribution in [1.29, 1.82) is 0 Å². The molecule has 1 aliphatic carbocycles. The lowest BCUT2D eigenvalue weighted by molar-refractivity contribution is 0.0600. The average molecular weight is 398 g/mol. The number of hydrogen-bond donors (Lipinski definition) is 0. The van der Waals surface area contributed by atoms with Crippen LogP contribution in [-0.4, -0.2) is 24.6 Å². The lowest BCUT2D eigenvalue weighted by Gasteiger charge is -2.10. The summed E-state index contributed by atoms with van der Waals surface area (Å²) in [5.41, 5.74) is 2.97. The third-order valence-corrected chi connectivity index (χ3v) is 4.89. The number of rotatable bonds is 5. The van der Waals surface area contributed by atoms with Gasteiger partial charge in [0, 0.05) is 16.7 Å². The van der Waals surface area contributed by atoms with Crippen LogP contribution in [0.1, 0.15) is 42.2 Å². The third-order valence-electron chi connectivity index (χ3n) is 4.89. The Morgan fingerprint density at radius 3 is 2.07 bits per heavy atom. The second-order valence-electron chi connectivity index (χ2n) is 6.78. The number of para-hydroxylation sites is 1. The Morgan fingerprint density at radius 1 is 0.833 bits per heavy atom. The van der Waals surface area contributed by atoms with Crippen LogP contribution in [0, 0.1) is 0 Å². The van der Waals surface area contributed by atoms with Crippen LogP contribution in [0.15, 0.2) is 78.4 Å². The van der Waals surface area contributed by atoms with E-state index in [1.807, 2.05) is 12.1 Å². The largest absolute Gasteiger partial charge is 0.488 e. The Labute approximate surface area is 173 Å². The Morgan fingerprint density at radius 2 is 1.43 bits per heavy atom. The van der Waals surface area contributed by atoms with Gasteiger partial charge in [-0.05, 0) is 29.8 Å². The molecule has 0 bridgehead atoms. The molecule has 0 amide bonds. The van der Waals surface area contributed by atoms with Crippen molar-refractivity contribution in [2.45, 2.75) is 6.61 Å². The molecule has 0 radical (unpaired) electrons. The normalized spacial score (nSPS) is 12.5. The van der Waals surface area contributed by atoms with Crippen molar-refractivity contribution < 1.29 is 23.9 Å². The Balaban J connectivity index is 1.55. The van der Waals surface area contributed by atoms with Crippen molar-refractivity contribution in [3.63, 3.8) is 0 Å². The second kappa shape index (κ2) is 8.17. The minimum atomic E-state index is -0.397. The summed E-state index contributed by atoms with van der Waals surface area (Å²) in [6.45, 7) is 0.268. The fourth-order valence-corrected chi connectivity index (χ4v) is 3.31. The predicted octanol–water partition coefficient (Wildman–Crippen LogP) is 4.51. The molecule has 5 nitrogen and oxygen atoms in total. The van der Waals surface area contributed by atoms with Gasteiger partial charge in [0.15, 0.2) is 11.6 Å². The number of fused-ring (bicyclic) bond motifs is 1. The molecule has 0 aliphatic heterocycles. The van der Waals surface area contributed by atoms with Crippen LogP contribution in [-0.2, 0) is 11.3 Å². The average Bonchev–Trinajstić information content (AvgIpc) is 3.03. The number of esters is 1. The Kier molecular flexibility index (Phi) is 5.26. The van der Waals surface area contributed by atoms with Gasteiger partial charge in [0.05, 0.1) is 18.2 Å². The first-order valence-electron chi connectivity index (χ1n) is 9.37. The lowest BCUT2D eigenvalue weighted by Crippen LogP contribution is -2.03. The Bertz CT molecular complexity index is 1140. The van der Waals surface area contributed by atoms with Crippen molar-refractivity contribution >= 4 is 23.6 Å². The van der Waals surface area contributed by atoms with E-state index < -0.39 is 5.97 Å². The number of benzene rings is 3. The molecular formula is C25H18O5. The van der Waals surface area contributed by atoms with Gasteiger partial charge in [-0.1, -0.05) is 54.6 Å². The first-order valence-corrected chi connectivity index (χ1v) is 9.37. The zero-order valence-electron chi connectivity index (χ0n) is 16.3. The van der Waals surface area contributed by atoms with Gasteiger partial charge in [0.1, 0.15) is 12.4 Å². The topological polar surface area (TPSA) is 69.7 Å². The zero-order valence-corrected chi connectivity index (χ0v) is 16.3. The van der Waals surface area contributed by atoms with Crippen molar-refractivity contribution in [3.05, 3.63) is 106 Å². The molecule has 30 heavy (non-hydrogen) atoms. The summed E-state index contributed by atoms with van der Waals surface area (Å²) in [5.74, 6) is -0.391. The molecule has 0 heterocycles. The summed E-state index contributed by atoms with van der Waals surface area (Å²) in [6, 6.07) is 21.0. The highest BCUT2D eigenvalue weighted by atomic mass is 16.5. The lowest BCUT2D eigenvalue weighted by atomic mass is 10.1. The summed E-state index contributed by atoms with van der Waals surface area (Å²) in [4.78, 5) is 36.8. The van der Waals surface area contributed by atoms with E-state index in [0.717, 1.165) is 5.56 Å². The number of Topliss-reactive ketones (excluding diaryl/α,β-unsaturated/α-hetero) is 2. The van der Waals surface area contributed by atoms with E-state index in [9.17, 15) is 14.4 Å². The summed E-state index contributed by atoms with van der Waals surface area (Å²) in [6.07, 6.45) is 1.58. The van der Waals surface area contributed by atoms with E-state index in [1.54, 1.807) is 66.7 Å². The third kappa shape index (κ3) is 3.65. The van der Waals surface area contributed by atoms with Gasteiger partial charge in [0.25, 0.3) is 0 Å². The van der Waals surface area contributed by atoms with E-state index in [-0.39, 0.29) is 23.7 Å². The first kappa shape index (κ1) is 19.3. The number of hydrogen-bond acceptors (Lipinski definition) is 5. The number of carbonyl (C=O) groups is 3. The van der Waals surface area contributed by atoms with Crippen molar-refractivity contribution in [3.8, 4) is 5.75 Å². The minimum absolute atomic E-state index is 0.134. The number of ketones is 2. The molecular weight excluding hydrogens is 380 g/mol. The monoisotopic (exact) mass is 398 g/mol. The quantitative estimate of drug-likeness (QED) is 0.359. The molecule has 1 aliphatic rings. The van der Waals surface area contributed by atoms with Crippen LogP contribution in [0.5, 0.6) is 5.75 Å². The maximum atomic E-state index is 12.6.